The first-order valence-corrected chi connectivity index (χ1v) is 10.5. The number of benzene rings is 2. The Labute approximate surface area is 144 Å². The van der Waals surface area contributed by atoms with Crippen molar-refractivity contribution in [3.8, 4) is 0 Å². The maximum atomic E-state index is 13.7. The molecule has 0 spiro atoms. The molecule has 2 nitrogen and oxygen atoms in total. The number of hydrogen-bond acceptors (Lipinski definition) is 2. The van der Waals surface area contributed by atoms with Crippen LogP contribution >= 0.6 is 7.14 Å². The number of rotatable bonds is 7. The van der Waals surface area contributed by atoms with Crippen LogP contribution in [0.15, 0.2) is 85.2 Å². The maximum Gasteiger partial charge on any atom is 0.0964 e. The van der Waals surface area contributed by atoms with Crippen molar-refractivity contribution >= 4 is 7.14 Å². The minimum absolute atomic E-state index is 0.661. The number of pyridine rings is 1. The van der Waals surface area contributed by atoms with Gasteiger partial charge in [-0.05, 0) is 35.2 Å². The highest BCUT2D eigenvalue weighted by atomic mass is 31.2. The van der Waals surface area contributed by atoms with Crippen LogP contribution in [0.2, 0.25) is 0 Å². The minimum atomic E-state index is -2.35. The lowest BCUT2D eigenvalue weighted by molar-refractivity contribution is 0.572. The predicted octanol–water partition coefficient (Wildman–Crippen LogP) is 5.39. The van der Waals surface area contributed by atoms with Gasteiger partial charge in [-0.15, -0.1) is 0 Å². The van der Waals surface area contributed by atoms with Gasteiger partial charge in [0.2, 0.25) is 0 Å². The van der Waals surface area contributed by atoms with Crippen LogP contribution in [0.4, 0.5) is 0 Å². The quantitative estimate of drug-likeness (QED) is 0.542. The Kier molecular flexibility index (Phi) is 5.61. The first kappa shape index (κ1) is 16.7. The molecule has 0 N–H and O–H groups in total. The van der Waals surface area contributed by atoms with Crippen LogP contribution in [0.1, 0.15) is 16.7 Å². The van der Waals surface area contributed by atoms with Gasteiger partial charge in [0.1, 0.15) is 0 Å². The fourth-order valence-electron chi connectivity index (χ4n) is 2.93. The van der Waals surface area contributed by atoms with Crippen LogP contribution in [-0.2, 0) is 23.3 Å². The molecule has 0 aliphatic rings. The summed E-state index contributed by atoms with van der Waals surface area (Å²) in [6, 6.07) is 24.4. The molecule has 0 aliphatic carbocycles. The molecule has 0 bridgehead atoms. The Morgan fingerprint density at radius 3 is 1.67 bits per heavy atom. The average molecular weight is 335 g/mol. The van der Waals surface area contributed by atoms with E-state index in [1.165, 1.54) is 5.56 Å². The standard InChI is InChI=1S/C21H22NOP/c23-24(17-20-7-3-1-4-8-20,18-21-9-5-2-6-10-21)16-13-19-11-14-22-15-12-19/h1-12,14-15H,13,16-18H2. The SMILES string of the molecule is O=P(CCc1ccncc1)(Cc1ccccc1)Cc1ccccc1. The second kappa shape index (κ2) is 8.08. The molecular weight excluding hydrogens is 313 g/mol. The van der Waals surface area contributed by atoms with Gasteiger partial charge in [0.15, 0.2) is 0 Å². The Morgan fingerprint density at radius 1 is 0.667 bits per heavy atom. The molecule has 0 saturated heterocycles. The van der Waals surface area contributed by atoms with Crippen LogP contribution < -0.4 is 0 Å². The molecule has 3 heteroatoms. The molecule has 122 valence electrons. The van der Waals surface area contributed by atoms with Crippen LogP contribution in [0.3, 0.4) is 0 Å². The summed E-state index contributed by atoms with van der Waals surface area (Å²) >= 11 is 0. The van der Waals surface area contributed by atoms with Gasteiger partial charge in [-0.25, -0.2) is 0 Å². The normalized spacial score (nSPS) is 11.3. The smallest absolute Gasteiger partial charge is 0.0964 e. The van der Waals surface area contributed by atoms with Crippen molar-refractivity contribution in [2.45, 2.75) is 18.7 Å². The highest BCUT2D eigenvalue weighted by Crippen LogP contribution is 2.52. The average Bonchev–Trinajstić information content (AvgIpc) is 2.63. The van der Waals surface area contributed by atoms with E-state index in [0.717, 1.165) is 23.7 Å². The molecule has 0 aliphatic heterocycles. The molecule has 3 rings (SSSR count). The number of aromatic nitrogens is 1. The molecule has 0 saturated carbocycles. The topological polar surface area (TPSA) is 30.0 Å². The molecule has 0 amide bonds. The summed E-state index contributed by atoms with van der Waals surface area (Å²) < 4.78 is 13.7. The minimum Gasteiger partial charge on any atom is -0.323 e. The highest BCUT2D eigenvalue weighted by molar-refractivity contribution is 7.62. The maximum absolute atomic E-state index is 13.7. The number of nitrogens with zero attached hydrogens (tertiary/aromatic N) is 1. The third kappa shape index (κ3) is 4.91. The number of hydrogen-bond donors (Lipinski definition) is 0. The summed E-state index contributed by atoms with van der Waals surface area (Å²) in [4.78, 5) is 4.06. The van der Waals surface area contributed by atoms with Gasteiger partial charge < -0.3 is 4.57 Å². The summed E-state index contributed by atoms with van der Waals surface area (Å²) in [6.07, 6.45) is 6.48. The van der Waals surface area contributed by atoms with E-state index in [0.29, 0.717) is 12.3 Å². The van der Waals surface area contributed by atoms with Crippen molar-refractivity contribution < 1.29 is 4.57 Å². The van der Waals surface area contributed by atoms with Gasteiger partial charge >= 0.3 is 0 Å². The zero-order valence-corrected chi connectivity index (χ0v) is 14.6. The van der Waals surface area contributed by atoms with E-state index >= 15 is 0 Å². The molecule has 0 unspecified atom stereocenters. The molecule has 0 radical (unpaired) electrons. The van der Waals surface area contributed by atoms with Crippen LogP contribution in [0, 0.1) is 0 Å². The van der Waals surface area contributed by atoms with Gasteiger partial charge in [0.05, 0.1) is 7.14 Å². The lowest BCUT2D eigenvalue weighted by atomic mass is 10.2. The van der Waals surface area contributed by atoms with E-state index in [1.807, 2.05) is 48.5 Å². The lowest BCUT2D eigenvalue weighted by Crippen LogP contribution is -2.01. The van der Waals surface area contributed by atoms with Crippen LogP contribution in [-0.4, -0.2) is 11.1 Å². The number of aryl methyl sites for hydroxylation is 1. The van der Waals surface area contributed by atoms with Crippen molar-refractivity contribution in [3.63, 3.8) is 0 Å². The Morgan fingerprint density at radius 2 is 1.17 bits per heavy atom. The zero-order chi connectivity index (χ0) is 16.7. The second-order valence-electron chi connectivity index (χ2n) is 6.17. The molecule has 3 aromatic rings. The van der Waals surface area contributed by atoms with Crippen molar-refractivity contribution in [2.24, 2.45) is 0 Å². The first-order valence-electron chi connectivity index (χ1n) is 8.27. The largest absolute Gasteiger partial charge is 0.323 e. The summed E-state index contributed by atoms with van der Waals surface area (Å²) in [7, 11) is -2.35. The molecule has 0 atom stereocenters. The predicted molar refractivity (Wildman–Crippen MR) is 101 cm³/mol. The molecule has 24 heavy (non-hydrogen) atoms. The van der Waals surface area contributed by atoms with Gasteiger partial charge in [0.25, 0.3) is 0 Å². The van der Waals surface area contributed by atoms with Crippen molar-refractivity contribution in [3.05, 3.63) is 102 Å². The van der Waals surface area contributed by atoms with Gasteiger partial charge in [0, 0.05) is 30.9 Å². The molecular formula is C21H22NOP. The monoisotopic (exact) mass is 335 g/mol. The van der Waals surface area contributed by atoms with Gasteiger partial charge in [-0.2, -0.15) is 0 Å². The summed E-state index contributed by atoms with van der Waals surface area (Å²) in [5, 5.41) is 0. The van der Waals surface area contributed by atoms with Gasteiger partial charge in [-0.1, -0.05) is 60.7 Å². The molecule has 1 heterocycles. The molecule has 2 aromatic carbocycles. The molecule has 1 aromatic heterocycles. The van der Waals surface area contributed by atoms with Crippen molar-refractivity contribution in [2.75, 3.05) is 6.16 Å². The van der Waals surface area contributed by atoms with Crippen molar-refractivity contribution in [1.29, 1.82) is 0 Å². The highest BCUT2D eigenvalue weighted by Gasteiger charge is 2.23. The van der Waals surface area contributed by atoms with E-state index in [-0.39, 0.29) is 0 Å². The van der Waals surface area contributed by atoms with E-state index in [4.69, 9.17) is 0 Å². The van der Waals surface area contributed by atoms with E-state index < -0.39 is 7.14 Å². The van der Waals surface area contributed by atoms with Gasteiger partial charge in [-0.3, -0.25) is 4.98 Å². The summed E-state index contributed by atoms with van der Waals surface area (Å²) in [5.41, 5.74) is 3.52. The van der Waals surface area contributed by atoms with Crippen LogP contribution in [0.25, 0.3) is 0 Å². The Hall–Kier alpha value is -2.18. The van der Waals surface area contributed by atoms with E-state index in [9.17, 15) is 4.57 Å². The lowest BCUT2D eigenvalue weighted by Gasteiger charge is -2.19. The first-order chi connectivity index (χ1) is 11.7. The third-order valence-electron chi connectivity index (χ3n) is 4.18. The Bertz CT molecular complexity index is 742. The van der Waals surface area contributed by atoms with E-state index in [1.54, 1.807) is 12.4 Å². The summed E-state index contributed by atoms with van der Waals surface area (Å²) in [5.74, 6) is 0. The fourth-order valence-corrected chi connectivity index (χ4v) is 5.77. The Balaban J connectivity index is 1.78. The van der Waals surface area contributed by atoms with Crippen LogP contribution in [0.5, 0.6) is 0 Å². The zero-order valence-electron chi connectivity index (χ0n) is 13.7. The third-order valence-corrected chi connectivity index (χ3v) is 7.11. The fraction of sp³-hybridized carbons (Fsp3) is 0.190. The second-order valence-corrected chi connectivity index (χ2v) is 9.37. The van der Waals surface area contributed by atoms with E-state index in [2.05, 4.69) is 29.2 Å². The molecule has 0 fully saturated rings. The summed E-state index contributed by atoms with van der Waals surface area (Å²) in [6.45, 7) is 0. The van der Waals surface area contributed by atoms with Crippen molar-refractivity contribution in [1.82, 2.24) is 4.98 Å².